The van der Waals surface area contributed by atoms with Crippen molar-refractivity contribution in [2.45, 2.75) is 64.5 Å². The van der Waals surface area contributed by atoms with Crippen molar-refractivity contribution in [2.75, 3.05) is 6.61 Å². The largest absolute Gasteiger partial charge is 0.414 e. The molecule has 130 valence electrons. The number of halogens is 2. The first-order valence-electron chi connectivity index (χ1n) is 8.28. The van der Waals surface area contributed by atoms with Crippen LogP contribution in [0.2, 0.25) is 23.2 Å². The van der Waals surface area contributed by atoms with E-state index in [-0.39, 0.29) is 10.9 Å². The molecule has 0 saturated heterocycles. The molecule has 1 saturated carbocycles. The summed E-state index contributed by atoms with van der Waals surface area (Å²) in [6.07, 6.45) is 2.53. The minimum atomic E-state index is -1.66. The van der Waals surface area contributed by atoms with E-state index in [1.807, 2.05) is 0 Å². The number of rotatable bonds is 6. The van der Waals surface area contributed by atoms with Crippen LogP contribution in [0.5, 0.6) is 0 Å². The van der Waals surface area contributed by atoms with Gasteiger partial charge in [0, 0.05) is 11.1 Å². The molecular formula is C18H28ClFO2Si. The summed E-state index contributed by atoms with van der Waals surface area (Å²) in [5, 5.41) is 0.686. The summed E-state index contributed by atoms with van der Waals surface area (Å²) in [5.74, 6) is 0.243. The van der Waals surface area contributed by atoms with E-state index in [4.69, 9.17) is 20.8 Å². The van der Waals surface area contributed by atoms with Crippen LogP contribution >= 0.6 is 11.6 Å². The van der Waals surface area contributed by atoms with Crippen LogP contribution in [-0.2, 0) is 15.8 Å². The third kappa shape index (κ3) is 5.02. The molecule has 0 N–H and O–H groups in total. The lowest BCUT2D eigenvalue weighted by atomic mass is 9.83. The Hall–Kier alpha value is -0.423. The van der Waals surface area contributed by atoms with E-state index < -0.39 is 8.32 Å². The molecule has 0 aromatic heterocycles. The second-order valence-electron chi connectivity index (χ2n) is 8.09. The molecule has 0 heterocycles. The fourth-order valence-electron chi connectivity index (χ4n) is 2.47. The van der Waals surface area contributed by atoms with Gasteiger partial charge < -0.3 is 9.16 Å². The van der Waals surface area contributed by atoms with Crippen LogP contribution in [-0.4, -0.2) is 21.0 Å². The van der Waals surface area contributed by atoms with Crippen LogP contribution in [0.25, 0.3) is 0 Å². The summed E-state index contributed by atoms with van der Waals surface area (Å²) >= 11 is 6.00. The smallest absolute Gasteiger partial charge is 0.192 e. The third-order valence-electron chi connectivity index (χ3n) is 5.09. The van der Waals surface area contributed by atoms with Crippen molar-refractivity contribution < 1.29 is 13.6 Å². The number of hydrogen-bond acceptors (Lipinski definition) is 2. The Morgan fingerprint density at radius 3 is 2.48 bits per heavy atom. The van der Waals surface area contributed by atoms with Gasteiger partial charge in [-0.2, -0.15) is 0 Å². The molecule has 0 atom stereocenters. The van der Waals surface area contributed by atoms with E-state index in [1.54, 1.807) is 6.07 Å². The molecule has 0 unspecified atom stereocenters. The number of hydrogen-bond donors (Lipinski definition) is 0. The zero-order valence-corrected chi connectivity index (χ0v) is 16.5. The topological polar surface area (TPSA) is 18.5 Å². The van der Waals surface area contributed by atoms with Gasteiger partial charge in [-0.15, -0.1) is 0 Å². The van der Waals surface area contributed by atoms with Gasteiger partial charge in [-0.25, -0.2) is 4.39 Å². The predicted octanol–water partition coefficient (Wildman–Crippen LogP) is 5.80. The zero-order valence-electron chi connectivity index (χ0n) is 14.8. The van der Waals surface area contributed by atoms with E-state index in [9.17, 15) is 4.39 Å². The van der Waals surface area contributed by atoms with Crippen molar-refractivity contribution in [3.8, 4) is 0 Å². The van der Waals surface area contributed by atoms with Gasteiger partial charge >= 0.3 is 0 Å². The first-order valence-corrected chi connectivity index (χ1v) is 11.6. The molecular weight excluding hydrogens is 331 g/mol. The molecule has 0 bridgehead atoms. The highest BCUT2D eigenvalue weighted by Gasteiger charge is 2.42. The van der Waals surface area contributed by atoms with Gasteiger partial charge in [0.25, 0.3) is 0 Å². The van der Waals surface area contributed by atoms with E-state index in [0.717, 1.165) is 18.4 Å². The fourth-order valence-corrected chi connectivity index (χ4v) is 4.08. The number of benzene rings is 1. The molecule has 0 spiro atoms. The quantitative estimate of drug-likeness (QED) is 0.598. The normalized spacial score (nSPS) is 22.0. The maximum atomic E-state index is 13.0. The van der Waals surface area contributed by atoms with E-state index in [0.29, 0.717) is 30.3 Å². The van der Waals surface area contributed by atoms with Gasteiger partial charge in [0.1, 0.15) is 5.82 Å². The lowest BCUT2D eigenvalue weighted by molar-refractivity contribution is -0.00839. The van der Waals surface area contributed by atoms with Crippen molar-refractivity contribution in [2.24, 2.45) is 5.92 Å². The second-order valence-corrected chi connectivity index (χ2v) is 13.3. The van der Waals surface area contributed by atoms with Crippen LogP contribution < -0.4 is 0 Å². The maximum absolute atomic E-state index is 13.0. The zero-order chi connectivity index (χ0) is 17.3. The average Bonchev–Trinajstić information content (AvgIpc) is 2.36. The summed E-state index contributed by atoms with van der Waals surface area (Å²) in [7, 11) is -1.66. The predicted molar refractivity (Wildman–Crippen MR) is 95.9 cm³/mol. The molecule has 1 aromatic carbocycles. The van der Waals surface area contributed by atoms with Crippen molar-refractivity contribution >= 4 is 19.9 Å². The molecule has 0 radical (unpaired) electrons. The first kappa shape index (κ1) is 18.9. The SMILES string of the molecule is CC(C)(C)[Si](C)(C)O[C@H]1C[C@@H](COCc2ccc(F)cc2Cl)C1. The number of ether oxygens (including phenoxy) is 1. The lowest BCUT2D eigenvalue weighted by Crippen LogP contribution is -2.48. The van der Waals surface area contributed by atoms with Crippen molar-refractivity contribution in [1.82, 2.24) is 0 Å². The van der Waals surface area contributed by atoms with Crippen molar-refractivity contribution in [3.05, 3.63) is 34.6 Å². The van der Waals surface area contributed by atoms with Crippen LogP contribution in [0.15, 0.2) is 18.2 Å². The van der Waals surface area contributed by atoms with E-state index in [1.165, 1.54) is 12.1 Å². The fraction of sp³-hybridized carbons (Fsp3) is 0.667. The molecule has 0 amide bonds. The van der Waals surface area contributed by atoms with Gasteiger partial charge in [0.2, 0.25) is 0 Å². The van der Waals surface area contributed by atoms with Crippen LogP contribution in [0.1, 0.15) is 39.2 Å². The molecule has 5 heteroatoms. The van der Waals surface area contributed by atoms with Gasteiger partial charge in [-0.1, -0.05) is 38.4 Å². The van der Waals surface area contributed by atoms with Gasteiger partial charge in [-0.3, -0.25) is 0 Å². The van der Waals surface area contributed by atoms with Gasteiger partial charge in [-0.05, 0) is 54.6 Å². The highest BCUT2D eigenvalue weighted by atomic mass is 35.5. The van der Waals surface area contributed by atoms with Crippen LogP contribution in [0, 0.1) is 11.7 Å². The molecule has 1 aliphatic rings. The van der Waals surface area contributed by atoms with Gasteiger partial charge in [0.15, 0.2) is 8.32 Å². The van der Waals surface area contributed by atoms with E-state index in [2.05, 4.69) is 33.9 Å². The van der Waals surface area contributed by atoms with Crippen LogP contribution in [0.3, 0.4) is 0 Å². The molecule has 2 rings (SSSR count). The minimum Gasteiger partial charge on any atom is -0.414 e. The Balaban J connectivity index is 1.69. The monoisotopic (exact) mass is 358 g/mol. The Kier molecular flexibility index (Phi) is 5.93. The molecule has 0 aliphatic heterocycles. The molecule has 1 aromatic rings. The average molecular weight is 359 g/mol. The van der Waals surface area contributed by atoms with Crippen LogP contribution in [0.4, 0.5) is 4.39 Å². The molecule has 1 fully saturated rings. The highest BCUT2D eigenvalue weighted by Crippen LogP contribution is 2.41. The van der Waals surface area contributed by atoms with Crippen molar-refractivity contribution in [1.29, 1.82) is 0 Å². The van der Waals surface area contributed by atoms with Crippen molar-refractivity contribution in [3.63, 3.8) is 0 Å². The summed E-state index contributed by atoms with van der Waals surface area (Å²) in [4.78, 5) is 0. The molecule has 23 heavy (non-hydrogen) atoms. The summed E-state index contributed by atoms with van der Waals surface area (Å²) in [5.41, 5.74) is 0.835. The third-order valence-corrected chi connectivity index (χ3v) is 9.97. The summed E-state index contributed by atoms with van der Waals surface area (Å²) in [6, 6.07) is 4.42. The first-order chi connectivity index (χ1) is 10.6. The Labute approximate surface area is 145 Å². The molecule has 2 nitrogen and oxygen atoms in total. The highest BCUT2D eigenvalue weighted by molar-refractivity contribution is 6.74. The second kappa shape index (κ2) is 7.22. The minimum absolute atomic E-state index is 0.258. The Bertz CT molecular complexity index is 536. The lowest BCUT2D eigenvalue weighted by Gasteiger charge is -2.44. The van der Waals surface area contributed by atoms with Gasteiger partial charge in [0.05, 0.1) is 13.2 Å². The molecule has 1 aliphatic carbocycles. The summed E-state index contributed by atoms with van der Waals surface area (Å²) < 4.78 is 25.1. The Morgan fingerprint density at radius 1 is 1.26 bits per heavy atom. The maximum Gasteiger partial charge on any atom is 0.192 e. The Morgan fingerprint density at radius 2 is 1.91 bits per heavy atom. The van der Waals surface area contributed by atoms with E-state index >= 15 is 0 Å². The summed E-state index contributed by atoms with van der Waals surface area (Å²) in [6.45, 7) is 12.6. The standard InChI is InChI=1S/C18H28ClFO2Si/c1-18(2,3)23(4,5)22-16-8-13(9-16)11-21-12-14-6-7-15(20)10-17(14)19/h6-7,10,13,16H,8-9,11-12H2,1-5H3/t13-,16+.